The van der Waals surface area contributed by atoms with Crippen molar-refractivity contribution in [3.63, 3.8) is 0 Å². The van der Waals surface area contributed by atoms with Crippen LogP contribution < -0.4 is 11.3 Å². The average molecular weight is 360 g/mol. The third kappa shape index (κ3) is 3.42. The standard InChI is InChI=1S/C14H13BrF3N3/c1-8-7-9(14(16,17)18)4-5-10(8)12(21-19)13-11(15)3-2-6-20-13/h2-7,12,21H,19H2,1H3. The molecule has 0 radical (unpaired) electrons. The molecule has 0 spiro atoms. The van der Waals surface area contributed by atoms with Gasteiger partial charge >= 0.3 is 6.18 Å². The topological polar surface area (TPSA) is 50.9 Å². The van der Waals surface area contributed by atoms with Crippen LogP contribution in [0.5, 0.6) is 0 Å². The number of halogens is 4. The Kier molecular flexibility index (Phi) is 4.65. The summed E-state index contributed by atoms with van der Waals surface area (Å²) in [5, 5.41) is 0. The van der Waals surface area contributed by atoms with Gasteiger partial charge in [-0.25, -0.2) is 5.43 Å². The maximum absolute atomic E-state index is 12.7. The van der Waals surface area contributed by atoms with Crippen LogP contribution in [0, 0.1) is 6.92 Å². The minimum Gasteiger partial charge on any atom is -0.271 e. The first-order valence-electron chi connectivity index (χ1n) is 6.09. The van der Waals surface area contributed by atoms with Crippen LogP contribution >= 0.6 is 15.9 Å². The van der Waals surface area contributed by atoms with E-state index in [0.29, 0.717) is 16.8 Å². The van der Waals surface area contributed by atoms with E-state index < -0.39 is 17.8 Å². The molecule has 1 atom stereocenters. The summed E-state index contributed by atoms with van der Waals surface area (Å²) >= 11 is 3.37. The van der Waals surface area contributed by atoms with Gasteiger partial charge in [0, 0.05) is 10.7 Å². The zero-order valence-electron chi connectivity index (χ0n) is 11.1. The van der Waals surface area contributed by atoms with Crippen LogP contribution in [0.4, 0.5) is 13.2 Å². The Morgan fingerprint density at radius 3 is 2.52 bits per heavy atom. The summed E-state index contributed by atoms with van der Waals surface area (Å²) < 4.78 is 38.9. The fraction of sp³-hybridized carbons (Fsp3) is 0.214. The van der Waals surface area contributed by atoms with E-state index >= 15 is 0 Å². The Morgan fingerprint density at radius 1 is 1.29 bits per heavy atom. The molecular weight excluding hydrogens is 347 g/mol. The van der Waals surface area contributed by atoms with Gasteiger partial charge in [0.15, 0.2) is 0 Å². The smallest absolute Gasteiger partial charge is 0.271 e. The lowest BCUT2D eigenvalue weighted by Gasteiger charge is -2.20. The number of hydrazine groups is 1. The van der Waals surface area contributed by atoms with Crippen LogP contribution in [-0.2, 0) is 6.18 Å². The number of aromatic nitrogens is 1. The number of nitrogens with zero attached hydrogens (tertiary/aromatic N) is 1. The summed E-state index contributed by atoms with van der Waals surface area (Å²) in [5.41, 5.74) is 3.67. The molecule has 3 N–H and O–H groups in total. The van der Waals surface area contributed by atoms with Gasteiger partial charge in [0.2, 0.25) is 0 Å². The van der Waals surface area contributed by atoms with Crippen molar-refractivity contribution in [2.24, 2.45) is 5.84 Å². The molecule has 1 aromatic carbocycles. The highest BCUT2D eigenvalue weighted by Crippen LogP contribution is 2.33. The Labute approximate surface area is 128 Å². The lowest BCUT2D eigenvalue weighted by Crippen LogP contribution is -2.30. The second-order valence-corrected chi connectivity index (χ2v) is 5.39. The number of alkyl halides is 3. The van der Waals surface area contributed by atoms with Crippen molar-refractivity contribution in [2.45, 2.75) is 19.1 Å². The van der Waals surface area contributed by atoms with Gasteiger partial charge in [0.25, 0.3) is 0 Å². The molecule has 0 fully saturated rings. The summed E-state index contributed by atoms with van der Waals surface area (Å²) in [7, 11) is 0. The van der Waals surface area contributed by atoms with E-state index in [1.807, 2.05) is 0 Å². The zero-order chi connectivity index (χ0) is 15.6. The highest BCUT2D eigenvalue weighted by Gasteiger charge is 2.31. The highest BCUT2D eigenvalue weighted by molar-refractivity contribution is 9.10. The van der Waals surface area contributed by atoms with Gasteiger partial charge in [0.05, 0.1) is 17.3 Å². The molecule has 0 aliphatic rings. The second kappa shape index (κ2) is 6.13. The SMILES string of the molecule is Cc1cc(C(F)(F)F)ccc1C(NN)c1ncccc1Br. The van der Waals surface area contributed by atoms with Gasteiger partial charge in [-0.15, -0.1) is 0 Å². The molecule has 112 valence electrons. The van der Waals surface area contributed by atoms with Gasteiger partial charge in [-0.2, -0.15) is 13.2 Å². The summed E-state index contributed by atoms with van der Waals surface area (Å²) in [6, 6.07) is 6.62. The predicted molar refractivity (Wildman–Crippen MR) is 77.3 cm³/mol. The molecule has 3 nitrogen and oxygen atoms in total. The first-order valence-corrected chi connectivity index (χ1v) is 6.88. The maximum Gasteiger partial charge on any atom is 0.416 e. The van der Waals surface area contributed by atoms with Gasteiger partial charge < -0.3 is 0 Å². The Balaban J connectivity index is 2.47. The molecule has 1 unspecified atom stereocenters. The van der Waals surface area contributed by atoms with Crippen LogP contribution in [0.3, 0.4) is 0 Å². The molecule has 2 aromatic rings. The number of nitrogens with two attached hydrogens (primary N) is 1. The van der Waals surface area contributed by atoms with Crippen molar-refractivity contribution in [3.8, 4) is 0 Å². The second-order valence-electron chi connectivity index (χ2n) is 4.54. The number of hydrogen-bond acceptors (Lipinski definition) is 3. The van der Waals surface area contributed by atoms with Crippen LogP contribution in [0.25, 0.3) is 0 Å². The number of hydrogen-bond donors (Lipinski definition) is 2. The number of pyridine rings is 1. The molecule has 7 heteroatoms. The predicted octanol–water partition coefficient (Wildman–Crippen LogP) is 3.72. The fourth-order valence-corrected chi connectivity index (χ4v) is 2.59. The molecular formula is C14H13BrF3N3. The van der Waals surface area contributed by atoms with E-state index in [2.05, 4.69) is 26.3 Å². The maximum atomic E-state index is 12.7. The normalized spacial score (nSPS) is 13.2. The fourth-order valence-electron chi connectivity index (χ4n) is 2.10. The molecule has 0 aliphatic carbocycles. The summed E-state index contributed by atoms with van der Waals surface area (Å²) in [6.45, 7) is 1.62. The molecule has 0 amide bonds. The first-order chi connectivity index (χ1) is 9.84. The number of rotatable bonds is 3. The number of benzene rings is 1. The molecule has 0 saturated heterocycles. The van der Waals surface area contributed by atoms with Crippen molar-refractivity contribution in [1.82, 2.24) is 10.4 Å². The van der Waals surface area contributed by atoms with Gasteiger partial charge in [-0.1, -0.05) is 6.07 Å². The quantitative estimate of drug-likeness (QED) is 0.648. The average Bonchev–Trinajstić information content (AvgIpc) is 2.42. The van der Waals surface area contributed by atoms with E-state index in [1.165, 1.54) is 6.07 Å². The van der Waals surface area contributed by atoms with E-state index in [4.69, 9.17) is 5.84 Å². The van der Waals surface area contributed by atoms with Crippen LogP contribution in [-0.4, -0.2) is 4.98 Å². The molecule has 0 aliphatic heterocycles. The van der Waals surface area contributed by atoms with E-state index in [9.17, 15) is 13.2 Å². The van der Waals surface area contributed by atoms with E-state index in [-0.39, 0.29) is 0 Å². The lowest BCUT2D eigenvalue weighted by molar-refractivity contribution is -0.137. The van der Waals surface area contributed by atoms with Crippen LogP contribution in [0.1, 0.15) is 28.4 Å². The molecule has 2 rings (SSSR count). The van der Waals surface area contributed by atoms with Crippen molar-refractivity contribution >= 4 is 15.9 Å². The van der Waals surface area contributed by atoms with Crippen molar-refractivity contribution in [2.75, 3.05) is 0 Å². The van der Waals surface area contributed by atoms with Gasteiger partial charge in [-0.05, 0) is 58.2 Å². The molecule has 1 aromatic heterocycles. The molecule has 21 heavy (non-hydrogen) atoms. The van der Waals surface area contributed by atoms with E-state index in [0.717, 1.165) is 16.6 Å². The number of nitrogens with one attached hydrogen (secondary N) is 1. The van der Waals surface area contributed by atoms with Crippen LogP contribution in [0.2, 0.25) is 0 Å². The van der Waals surface area contributed by atoms with Gasteiger partial charge in [-0.3, -0.25) is 10.8 Å². The molecule has 1 heterocycles. The monoisotopic (exact) mass is 359 g/mol. The van der Waals surface area contributed by atoms with Crippen molar-refractivity contribution in [1.29, 1.82) is 0 Å². The largest absolute Gasteiger partial charge is 0.416 e. The van der Waals surface area contributed by atoms with Crippen LogP contribution in [0.15, 0.2) is 41.0 Å². The summed E-state index contributed by atoms with van der Waals surface area (Å²) in [5.74, 6) is 5.57. The van der Waals surface area contributed by atoms with Gasteiger partial charge in [0.1, 0.15) is 0 Å². The third-order valence-electron chi connectivity index (χ3n) is 3.14. The number of aryl methyl sites for hydroxylation is 1. The Bertz CT molecular complexity index is 644. The lowest BCUT2D eigenvalue weighted by atomic mass is 9.96. The Morgan fingerprint density at radius 2 is 2.00 bits per heavy atom. The zero-order valence-corrected chi connectivity index (χ0v) is 12.7. The minimum absolute atomic E-state index is 0.491. The minimum atomic E-state index is -4.36. The highest BCUT2D eigenvalue weighted by atomic mass is 79.9. The van der Waals surface area contributed by atoms with Crippen molar-refractivity contribution in [3.05, 3.63) is 63.4 Å². The van der Waals surface area contributed by atoms with Crippen molar-refractivity contribution < 1.29 is 13.2 Å². The Hall–Kier alpha value is -1.44. The van der Waals surface area contributed by atoms with E-state index in [1.54, 1.807) is 25.3 Å². The first kappa shape index (κ1) is 15.9. The molecule has 0 saturated carbocycles. The summed E-state index contributed by atoms with van der Waals surface area (Å²) in [4.78, 5) is 4.23. The molecule has 0 bridgehead atoms. The third-order valence-corrected chi connectivity index (χ3v) is 3.81. The summed E-state index contributed by atoms with van der Waals surface area (Å²) in [6.07, 6.45) is -2.76.